The van der Waals surface area contributed by atoms with Gasteiger partial charge in [0.15, 0.2) is 0 Å². The summed E-state index contributed by atoms with van der Waals surface area (Å²) < 4.78 is 0. The van der Waals surface area contributed by atoms with Crippen LogP contribution < -0.4 is 5.32 Å². The average Bonchev–Trinajstić information content (AvgIpc) is 2.81. The molecule has 0 aliphatic carbocycles. The van der Waals surface area contributed by atoms with Crippen molar-refractivity contribution in [1.29, 1.82) is 0 Å². The van der Waals surface area contributed by atoms with Gasteiger partial charge in [0.2, 0.25) is 0 Å². The summed E-state index contributed by atoms with van der Waals surface area (Å²) >= 11 is 0. The molecule has 1 aromatic rings. The van der Waals surface area contributed by atoms with E-state index in [0.29, 0.717) is 17.8 Å². The van der Waals surface area contributed by atoms with Gasteiger partial charge in [-0.05, 0) is 24.1 Å². The molecule has 2 unspecified atom stereocenters. The lowest BCUT2D eigenvalue weighted by molar-refractivity contribution is -0.142. The first-order valence-corrected chi connectivity index (χ1v) is 6.36. The topological polar surface area (TPSA) is 69.6 Å². The number of carbonyl (C=O) groups excluding carboxylic acids is 1. The number of terminal acetylenes is 1. The Bertz CT molecular complexity index is 577. The Kier molecular flexibility index (Phi) is 3.94. The van der Waals surface area contributed by atoms with Gasteiger partial charge in [-0.1, -0.05) is 18.9 Å². The number of urea groups is 1. The fourth-order valence-electron chi connectivity index (χ4n) is 2.34. The molecule has 1 aliphatic heterocycles. The molecule has 2 N–H and O–H groups in total. The predicted molar refractivity (Wildman–Crippen MR) is 75.3 cm³/mol. The number of rotatable bonds is 2. The smallest absolute Gasteiger partial charge is 0.321 e. The maximum absolute atomic E-state index is 12.1. The monoisotopic (exact) mass is 272 g/mol. The van der Waals surface area contributed by atoms with Gasteiger partial charge in [-0.25, -0.2) is 4.79 Å². The minimum atomic E-state index is -0.859. The number of carbonyl (C=O) groups is 2. The van der Waals surface area contributed by atoms with E-state index in [1.807, 2.05) is 6.92 Å². The molecule has 5 heteroatoms. The molecule has 1 fully saturated rings. The van der Waals surface area contributed by atoms with E-state index in [2.05, 4.69) is 11.2 Å². The van der Waals surface area contributed by atoms with Crippen molar-refractivity contribution in [2.75, 3.05) is 18.4 Å². The van der Waals surface area contributed by atoms with Crippen LogP contribution in [0.2, 0.25) is 0 Å². The van der Waals surface area contributed by atoms with Gasteiger partial charge in [0.1, 0.15) is 0 Å². The molecular formula is C15H16N2O3. The molecule has 0 spiro atoms. The van der Waals surface area contributed by atoms with Gasteiger partial charge in [-0.15, -0.1) is 6.42 Å². The molecule has 104 valence electrons. The zero-order valence-electron chi connectivity index (χ0n) is 11.2. The Balaban J connectivity index is 2.03. The van der Waals surface area contributed by atoms with E-state index >= 15 is 0 Å². The van der Waals surface area contributed by atoms with Gasteiger partial charge in [-0.2, -0.15) is 0 Å². The number of likely N-dealkylation sites (tertiary alicyclic amines) is 1. The third kappa shape index (κ3) is 2.91. The van der Waals surface area contributed by atoms with Crippen LogP contribution in [-0.2, 0) is 4.79 Å². The van der Waals surface area contributed by atoms with Crippen molar-refractivity contribution in [2.24, 2.45) is 11.8 Å². The third-order valence-electron chi connectivity index (χ3n) is 3.50. The van der Waals surface area contributed by atoms with Crippen molar-refractivity contribution in [3.63, 3.8) is 0 Å². The first-order chi connectivity index (χ1) is 9.51. The summed E-state index contributed by atoms with van der Waals surface area (Å²) in [5, 5.41) is 11.8. The molecule has 1 saturated heterocycles. The molecule has 1 aromatic carbocycles. The Morgan fingerprint density at radius 3 is 2.80 bits per heavy atom. The normalized spacial score (nSPS) is 21.3. The largest absolute Gasteiger partial charge is 0.481 e. The summed E-state index contributed by atoms with van der Waals surface area (Å²) in [7, 11) is 0. The van der Waals surface area contributed by atoms with Crippen molar-refractivity contribution in [1.82, 2.24) is 4.90 Å². The number of amides is 2. The molecule has 0 aromatic heterocycles. The van der Waals surface area contributed by atoms with Crippen LogP contribution in [0.15, 0.2) is 24.3 Å². The number of hydrogen-bond acceptors (Lipinski definition) is 2. The highest BCUT2D eigenvalue weighted by molar-refractivity contribution is 5.90. The van der Waals surface area contributed by atoms with Crippen molar-refractivity contribution in [2.45, 2.75) is 6.92 Å². The number of aliphatic carboxylic acids is 1. The first-order valence-electron chi connectivity index (χ1n) is 6.36. The molecule has 0 saturated carbocycles. The van der Waals surface area contributed by atoms with Crippen LogP contribution in [0.3, 0.4) is 0 Å². The molecule has 20 heavy (non-hydrogen) atoms. The second-order valence-corrected chi connectivity index (χ2v) is 4.98. The zero-order chi connectivity index (χ0) is 14.7. The van der Waals surface area contributed by atoms with E-state index in [9.17, 15) is 9.59 Å². The molecular weight excluding hydrogens is 256 g/mol. The van der Waals surface area contributed by atoms with E-state index in [-0.39, 0.29) is 18.5 Å². The highest BCUT2D eigenvalue weighted by Crippen LogP contribution is 2.24. The van der Waals surface area contributed by atoms with Gasteiger partial charge in [0.25, 0.3) is 0 Å². The number of anilines is 1. The lowest BCUT2D eigenvalue weighted by atomic mass is 9.99. The molecule has 0 radical (unpaired) electrons. The molecule has 2 amide bonds. The SMILES string of the molecule is C#Cc1cccc(NC(=O)N2CC(C)C(C(=O)O)C2)c1. The lowest BCUT2D eigenvalue weighted by Crippen LogP contribution is -2.33. The third-order valence-corrected chi connectivity index (χ3v) is 3.50. The zero-order valence-corrected chi connectivity index (χ0v) is 11.2. The van der Waals surface area contributed by atoms with Gasteiger partial charge >= 0.3 is 12.0 Å². The summed E-state index contributed by atoms with van der Waals surface area (Å²) in [5.74, 6) is 1.09. The van der Waals surface area contributed by atoms with Gasteiger partial charge < -0.3 is 15.3 Å². The molecule has 1 heterocycles. The Morgan fingerprint density at radius 2 is 2.20 bits per heavy atom. The maximum Gasteiger partial charge on any atom is 0.321 e. The Labute approximate surface area is 117 Å². The Hall–Kier alpha value is -2.48. The average molecular weight is 272 g/mol. The molecule has 2 rings (SSSR count). The number of hydrogen-bond donors (Lipinski definition) is 2. The first kappa shape index (κ1) is 13.9. The van der Waals surface area contributed by atoms with Crippen LogP contribution >= 0.6 is 0 Å². The van der Waals surface area contributed by atoms with E-state index in [1.165, 1.54) is 4.90 Å². The van der Waals surface area contributed by atoms with Gasteiger partial charge in [0.05, 0.1) is 5.92 Å². The fraction of sp³-hybridized carbons (Fsp3) is 0.333. The summed E-state index contributed by atoms with van der Waals surface area (Å²) in [6.45, 7) is 2.51. The second-order valence-electron chi connectivity index (χ2n) is 4.98. The van der Waals surface area contributed by atoms with Crippen molar-refractivity contribution in [3.8, 4) is 12.3 Å². The summed E-state index contributed by atoms with van der Waals surface area (Å²) in [6, 6.07) is 6.68. The summed E-state index contributed by atoms with van der Waals surface area (Å²) in [6.07, 6.45) is 5.30. The van der Waals surface area contributed by atoms with E-state index < -0.39 is 11.9 Å². The highest BCUT2D eigenvalue weighted by Gasteiger charge is 2.36. The number of carboxylic acids is 1. The number of carboxylic acid groups (broad SMARTS) is 1. The molecule has 5 nitrogen and oxygen atoms in total. The van der Waals surface area contributed by atoms with Gasteiger partial charge in [0, 0.05) is 24.3 Å². The van der Waals surface area contributed by atoms with E-state index in [4.69, 9.17) is 11.5 Å². The molecule has 1 aliphatic rings. The minimum absolute atomic E-state index is 0.0460. The number of nitrogens with one attached hydrogen (secondary N) is 1. The van der Waals surface area contributed by atoms with Crippen LogP contribution in [0.1, 0.15) is 12.5 Å². The van der Waals surface area contributed by atoms with E-state index in [1.54, 1.807) is 24.3 Å². The molecule has 0 bridgehead atoms. The van der Waals surface area contributed by atoms with Crippen LogP contribution in [-0.4, -0.2) is 35.1 Å². The van der Waals surface area contributed by atoms with Crippen LogP contribution in [0, 0.1) is 24.2 Å². The minimum Gasteiger partial charge on any atom is -0.481 e. The quantitative estimate of drug-likeness (QED) is 0.807. The van der Waals surface area contributed by atoms with Gasteiger partial charge in [-0.3, -0.25) is 4.79 Å². The number of nitrogens with zero attached hydrogens (tertiary/aromatic N) is 1. The highest BCUT2D eigenvalue weighted by atomic mass is 16.4. The van der Waals surface area contributed by atoms with E-state index in [0.717, 1.165) is 0 Å². The standard InChI is InChI=1S/C15H16N2O3/c1-3-11-5-4-6-12(7-11)16-15(20)17-8-10(2)13(9-17)14(18)19/h1,4-7,10,13H,8-9H2,2H3,(H,16,20)(H,18,19). The fourth-order valence-corrected chi connectivity index (χ4v) is 2.34. The summed E-state index contributed by atoms with van der Waals surface area (Å²) in [5.41, 5.74) is 1.29. The van der Waals surface area contributed by atoms with Crippen molar-refractivity contribution < 1.29 is 14.7 Å². The van der Waals surface area contributed by atoms with Crippen molar-refractivity contribution in [3.05, 3.63) is 29.8 Å². The molecule has 2 atom stereocenters. The predicted octanol–water partition coefficient (Wildman–Crippen LogP) is 1.85. The van der Waals surface area contributed by atoms with Crippen molar-refractivity contribution >= 4 is 17.7 Å². The lowest BCUT2D eigenvalue weighted by Gasteiger charge is -2.17. The van der Waals surface area contributed by atoms with Crippen LogP contribution in [0.5, 0.6) is 0 Å². The van der Waals surface area contributed by atoms with Crippen LogP contribution in [0.4, 0.5) is 10.5 Å². The maximum atomic E-state index is 12.1. The van der Waals surface area contributed by atoms with Crippen LogP contribution in [0.25, 0.3) is 0 Å². The number of benzene rings is 1. The Morgan fingerprint density at radius 1 is 1.45 bits per heavy atom. The summed E-state index contributed by atoms with van der Waals surface area (Å²) in [4.78, 5) is 24.7. The second kappa shape index (κ2) is 5.66.